The van der Waals surface area contributed by atoms with Gasteiger partial charge in [-0.1, -0.05) is 22.0 Å². The molecule has 7 heteroatoms. The molecule has 0 aliphatic heterocycles. The molecule has 0 spiro atoms. The Labute approximate surface area is 146 Å². The van der Waals surface area contributed by atoms with Crippen molar-refractivity contribution < 1.29 is 14.3 Å². The summed E-state index contributed by atoms with van der Waals surface area (Å²) in [6.07, 6.45) is 2.88. The Morgan fingerprint density at radius 2 is 2.00 bits per heavy atom. The van der Waals surface area contributed by atoms with Gasteiger partial charge in [0.1, 0.15) is 5.82 Å². The van der Waals surface area contributed by atoms with E-state index in [0.29, 0.717) is 34.1 Å². The lowest BCUT2D eigenvalue weighted by molar-refractivity contribution is -0.136. The number of fused-ring (bicyclic) bond motifs is 1. The average Bonchev–Trinajstić information content (AvgIpc) is 2.54. The molecule has 2 aromatic rings. The van der Waals surface area contributed by atoms with Gasteiger partial charge in [0.15, 0.2) is 0 Å². The predicted molar refractivity (Wildman–Crippen MR) is 89.7 cm³/mol. The summed E-state index contributed by atoms with van der Waals surface area (Å²) in [4.78, 5) is 23.8. The summed E-state index contributed by atoms with van der Waals surface area (Å²) in [6, 6.07) is 4.61. The van der Waals surface area contributed by atoms with Crippen LogP contribution in [0, 0.1) is 5.82 Å². The second-order valence-corrected chi connectivity index (χ2v) is 6.80. The smallest absolute Gasteiger partial charge is 0.309 e. The SMILES string of the molecule is O=C(O)Cc1nn(Cc2ccc(Br)cc2F)c(=O)c2c1CCCC2. The van der Waals surface area contributed by atoms with Crippen LogP contribution in [0.1, 0.15) is 35.2 Å². The van der Waals surface area contributed by atoms with Crippen LogP contribution < -0.4 is 5.56 Å². The summed E-state index contributed by atoms with van der Waals surface area (Å²) in [5, 5.41) is 13.3. The Morgan fingerprint density at radius 1 is 1.29 bits per heavy atom. The second-order valence-electron chi connectivity index (χ2n) is 5.88. The number of benzene rings is 1. The summed E-state index contributed by atoms with van der Waals surface area (Å²) >= 11 is 3.19. The first-order valence-corrected chi connectivity index (χ1v) is 8.52. The molecule has 1 N–H and O–H groups in total. The van der Waals surface area contributed by atoms with Gasteiger partial charge in [0.2, 0.25) is 0 Å². The summed E-state index contributed by atoms with van der Waals surface area (Å²) in [7, 11) is 0. The van der Waals surface area contributed by atoms with Gasteiger partial charge in [-0.25, -0.2) is 9.07 Å². The minimum Gasteiger partial charge on any atom is -0.481 e. The highest BCUT2D eigenvalue weighted by Crippen LogP contribution is 2.22. The van der Waals surface area contributed by atoms with Crippen molar-refractivity contribution in [1.29, 1.82) is 0 Å². The van der Waals surface area contributed by atoms with E-state index in [1.165, 1.54) is 10.7 Å². The van der Waals surface area contributed by atoms with Crippen molar-refractivity contribution in [2.45, 2.75) is 38.6 Å². The largest absolute Gasteiger partial charge is 0.481 e. The standard InChI is InChI=1S/C17H16BrFN2O3/c18-11-6-5-10(14(19)7-11)9-21-17(24)13-4-2-1-3-12(13)15(20-21)8-16(22)23/h5-7H,1-4,8-9H2,(H,22,23). The van der Waals surface area contributed by atoms with E-state index in [0.717, 1.165) is 18.4 Å². The van der Waals surface area contributed by atoms with Crippen LogP contribution >= 0.6 is 15.9 Å². The first-order valence-electron chi connectivity index (χ1n) is 7.73. The molecule has 0 saturated heterocycles. The number of aliphatic carboxylic acids is 1. The predicted octanol–water partition coefficient (Wildman–Crippen LogP) is 2.70. The third-order valence-electron chi connectivity index (χ3n) is 4.20. The Bertz CT molecular complexity index is 864. The van der Waals surface area contributed by atoms with E-state index in [9.17, 15) is 14.0 Å². The fourth-order valence-electron chi connectivity index (χ4n) is 3.07. The van der Waals surface area contributed by atoms with E-state index in [2.05, 4.69) is 21.0 Å². The molecule has 0 atom stereocenters. The van der Waals surface area contributed by atoms with Gasteiger partial charge in [0.05, 0.1) is 18.7 Å². The molecule has 1 heterocycles. The van der Waals surface area contributed by atoms with Crippen LogP contribution in [0.4, 0.5) is 4.39 Å². The zero-order valence-corrected chi connectivity index (χ0v) is 14.5. The van der Waals surface area contributed by atoms with E-state index in [1.807, 2.05) is 0 Å². The second kappa shape index (κ2) is 6.84. The topological polar surface area (TPSA) is 72.2 Å². The van der Waals surface area contributed by atoms with Crippen molar-refractivity contribution in [2.75, 3.05) is 0 Å². The van der Waals surface area contributed by atoms with Crippen LogP contribution in [0.25, 0.3) is 0 Å². The first kappa shape index (κ1) is 16.8. The molecule has 1 aromatic carbocycles. The van der Waals surface area contributed by atoms with Gasteiger partial charge < -0.3 is 5.11 Å². The summed E-state index contributed by atoms with van der Waals surface area (Å²) in [5.74, 6) is -1.43. The van der Waals surface area contributed by atoms with Crippen molar-refractivity contribution in [2.24, 2.45) is 0 Å². The molecule has 0 bridgehead atoms. The maximum Gasteiger partial charge on any atom is 0.309 e. The lowest BCUT2D eigenvalue weighted by Crippen LogP contribution is -2.32. The van der Waals surface area contributed by atoms with E-state index >= 15 is 0 Å². The van der Waals surface area contributed by atoms with Crippen molar-refractivity contribution in [3.8, 4) is 0 Å². The van der Waals surface area contributed by atoms with Gasteiger partial charge in [0.25, 0.3) is 5.56 Å². The quantitative estimate of drug-likeness (QED) is 0.864. The maximum absolute atomic E-state index is 14.1. The lowest BCUT2D eigenvalue weighted by Gasteiger charge is -2.19. The third kappa shape index (κ3) is 3.40. The van der Waals surface area contributed by atoms with E-state index in [-0.39, 0.29) is 18.5 Å². The van der Waals surface area contributed by atoms with E-state index in [1.54, 1.807) is 12.1 Å². The van der Waals surface area contributed by atoms with E-state index in [4.69, 9.17) is 5.11 Å². The van der Waals surface area contributed by atoms with Gasteiger partial charge in [-0.2, -0.15) is 5.10 Å². The Morgan fingerprint density at radius 3 is 2.67 bits per heavy atom. The van der Waals surface area contributed by atoms with Crippen LogP contribution in [-0.4, -0.2) is 20.9 Å². The van der Waals surface area contributed by atoms with Crippen molar-refractivity contribution in [3.63, 3.8) is 0 Å². The number of aromatic nitrogens is 2. The fourth-order valence-corrected chi connectivity index (χ4v) is 3.40. The monoisotopic (exact) mass is 394 g/mol. The fraction of sp³-hybridized carbons (Fsp3) is 0.353. The number of rotatable bonds is 4. The number of hydrogen-bond acceptors (Lipinski definition) is 3. The van der Waals surface area contributed by atoms with Gasteiger partial charge >= 0.3 is 5.97 Å². The highest BCUT2D eigenvalue weighted by Gasteiger charge is 2.22. The maximum atomic E-state index is 14.1. The molecule has 0 radical (unpaired) electrons. The van der Waals surface area contributed by atoms with Crippen LogP contribution in [0.15, 0.2) is 27.5 Å². The highest BCUT2D eigenvalue weighted by molar-refractivity contribution is 9.10. The van der Waals surface area contributed by atoms with E-state index < -0.39 is 11.8 Å². The number of carbonyl (C=O) groups is 1. The molecular weight excluding hydrogens is 379 g/mol. The number of carboxylic acid groups (broad SMARTS) is 1. The summed E-state index contributed by atoms with van der Waals surface area (Å²) < 4.78 is 15.9. The Hall–Kier alpha value is -2.02. The zero-order chi connectivity index (χ0) is 17.3. The molecule has 1 aliphatic carbocycles. The number of nitrogens with zero attached hydrogens (tertiary/aromatic N) is 2. The molecule has 0 fully saturated rings. The van der Waals surface area contributed by atoms with Crippen molar-refractivity contribution in [1.82, 2.24) is 9.78 Å². The summed E-state index contributed by atoms with van der Waals surface area (Å²) in [5.41, 5.74) is 1.89. The number of halogens is 2. The molecule has 1 aliphatic rings. The molecular formula is C17H16BrFN2O3. The van der Waals surface area contributed by atoms with Gasteiger partial charge in [-0.3, -0.25) is 9.59 Å². The van der Waals surface area contributed by atoms with Crippen molar-refractivity contribution >= 4 is 21.9 Å². The average molecular weight is 395 g/mol. The van der Waals surface area contributed by atoms with Gasteiger partial charge in [-0.15, -0.1) is 0 Å². The van der Waals surface area contributed by atoms with Gasteiger partial charge in [-0.05, 0) is 43.4 Å². The Balaban J connectivity index is 2.07. The van der Waals surface area contributed by atoms with Crippen LogP contribution in [0.5, 0.6) is 0 Å². The highest BCUT2D eigenvalue weighted by atomic mass is 79.9. The number of hydrogen-bond donors (Lipinski definition) is 1. The van der Waals surface area contributed by atoms with Crippen LogP contribution in [-0.2, 0) is 30.6 Å². The zero-order valence-electron chi connectivity index (χ0n) is 12.9. The molecule has 1 aromatic heterocycles. The molecule has 5 nitrogen and oxygen atoms in total. The number of carboxylic acids is 1. The minimum absolute atomic E-state index is 0.0160. The third-order valence-corrected chi connectivity index (χ3v) is 4.70. The molecule has 3 rings (SSSR count). The Kier molecular flexibility index (Phi) is 4.80. The lowest BCUT2D eigenvalue weighted by atomic mass is 9.91. The molecule has 0 amide bonds. The first-order chi connectivity index (χ1) is 11.5. The molecule has 24 heavy (non-hydrogen) atoms. The normalized spacial score (nSPS) is 13.6. The van der Waals surface area contributed by atoms with Crippen molar-refractivity contribution in [3.05, 3.63) is 61.2 Å². The summed E-state index contributed by atoms with van der Waals surface area (Å²) in [6.45, 7) is -0.0160. The molecule has 126 valence electrons. The molecule has 0 saturated carbocycles. The molecule has 0 unspecified atom stereocenters. The van der Waals surface area contributed by atoms with Crippen LogP contribution in [0.2, 0.25) is 0 Å². The van der Waals surface area contributed by atoms with Gasteiger partial charge in [0, 0.05) is 15.6 Å². The minimum atomic E-state index is -0.990. The van der Waals surface area contributed by atoms with Crippen LogP contribution in [0.3, 0.4) is 0 Å².